The Bertz CT molecular complexity index is 1410. The number of nitrogens with zero attached hydrogens (tertiary/aromatic N) is 3. The molecule has 1 saturated heterocycles. The number of aromatic nitrogens is 1. The second-order valence-electron chi connectivity index (χ2n) is 8.17. The van der Waals surface area contributed by atoms with Gasteiger partial charge < -0.3 is 14.8 Å². The molecule has 3 aromatic rings. The molecular weight excluding hydrogens is 440 g/mol. The Morgan fingerprint density at radius 1 is 1.00 bits per heavy atom. The molecule has 0 unspecified atom stereocenters. The van der Waals surface area contributed by atoms with Gasteiger partial charge in [0.1, 0.15) is 5.84 Å². The lowest BCUT2D eigenvalue weighted by atomic mass is 10.1. The van der Waals surface area contributed by atoms with Crippen LogP contribution in [-0.4, -0.2) is 43.2 Å². The molecule has 4 rings (SSSR count). The molecule has 2 heterocycles. The van der Waals surface area contributed by atoms with Crippen LogP contribution in [0, 0.1) is 0 Å². The highest BCUT2D eigenvalue weighted by Crippen LogP contribution is 2.22. The SMILES string of the molecule is CN1CCCCC/C1=N/S(=O)(=O)c1cccc(NC(=O)c2cc(=O)n(C)c3ccccc23)c1. The predicted molar refractivity (Wildman–Crippen MR) is 129 cm³/mol. The van der Waals surface area contributed by atoms with Crippen molar-refractivity contribution in [1.29, 1.82) is 0 Å². The highest BCUT2D eigenvalue weighted by molar-refractivity contribution is 7.90. The monoisotopic (exact) mass is 466 g/mol. The van der Waals surface area contributed by atoms with Crippen LogP contribution in [0.4, 0.5) is 5.69 Å². The lowest BCUT2D eigenvalue weighted by Crippen LogP contribution is -2.27. The maximum absolute atomic E-state index is 13.0. The fourth-order valence-corrected chi connectivity index (χ4v) is 5.11. The summed E-state index contributed by atoms with van der Waals surface area (Å²) in [7, 11) is -0.439. The number of rotatable bonds is 4. The van der Waals surface area contributed by atoms with E-state index < -0.39 is 15.9 Å². The number of benzene rings is 2. The van der Waals surface area contributed by atoms with E-state index in [2.05, 4.69) is 9.71 Å². The van der Waals surface area contributed by atoms with Gasteiger partial charge in [0.15, 0.2) is 0 Å². The fourth-order valence-electron chi connectivity index (χ4n) is 3.97. The average molecular weight is 467 g/mol. The highest BCUT2D eigenvalue weighted by atomic mass is 32.2. The van der Waals surface area contributed by atoms with Gasteiger partial charge in [0, 0.05) is 44.2 Å². The van der Waals surface area contributed by atoms with E-state index in [1.165, 1.54) is 22.8 Å². The normalized spacial score (nSPS) is 16.1. The third-order valence-corrected chi connectivity index (χ3v) is 7.15. The minimum atomic E-state index is -3.94. The van der Waals surface area contributed by atoms with Gasteiger partial charge in [0.2, 0.25) is 0 Å². The van der Waals surface area contributed by atoms with E-state index >= 15 is 0 Å². The van der Waals surface area contributed by atoms with Crippen LogP contribution in [0.15, 0.2) is 68.7 Å². The first-order chi connectivity index (χ1) is 15.8. The predicted octanol–water partition coefficient (Wildman–Crippen LogP) is 3.38. The van der Waals surface area contributed by atoms with Gasteiger partial charge in [-0.3, -0.25) is 9.59 Å². The van der Waals surface area contributed by atoms with Crippen LogP contribution in [0.5, 0.6) is 0 Å². The van der Waals surface area contributed by atoms with Crippen molar-refractivity contribution in [2.75, 3.05) is 18.9 Å². The zero-order valence-corrected chi connectivity index (χ0v) is 19.4. The Labute approximate surface area is 192 Å². The molecule has 1 aromatic heterocycles. The van der Waals surface area contributed by atoms with E-state index in [0.29, 0.717) is 28.8 Å². The number of pyridine rings is 1. The van der Waals surface area contributed by atoms with E-state index in [9.17, 15) is 18.0 Å². The molecule has 1 aliphatic heterocycles. The minimum Gasteiger partial charge on any atom is -0.362 e. The number of sulfonamides is 1. The van der Waals surface area contributed by atoms with E-state index in [1.807, 2.05) is 11.9 Å². The van der Waals surface area contributed by atoms with Crippen molar-refractivity contribution >= 4 is 38.4 Å². The molecular formula is C24H26N4O4S. The largest absolute Gasteiger partial charge is 0.362 e. The number of nitrogens with one attached hydrogen (secondary N) is 1. The van der Waals surface area contributed by atoms with Gasteiger partial charge in [-0.25, -0.2) is 0 Å². The third kappa shape index (κ3) is 4.83. The van der Waals surface area contributed by atoms with Crippen molar-refractivity contribution in [3.8, 4) is 0 Å². The Morgan fingerprint density at radius 2 is 1.79 bits per heavy atom. The summed E-state index contributed by atoms with van der Waals surface area (Å²) in [6, 6.07) is 14.4. The summed E-state index contributed by atoms with van der Waals surface area (Å²) in [6.07, 6.45) is 3.57. The Hall–Kier alpha value is -3.46. The number of hydrogen-bond acceptors (Lipinski definition) is 4. The maximum atomic E-state index is 13.0. The topological polar surface area (TPSA) is 101 Å². The number of carbonyl (C=O) groups is 1. The van der Waals surface area contributed by atoms with Crippen LogP contribution in [0.3, 0.4) is 0 Å². The van der Waals surface area contributed by atoms with Crippen molar-refractivity contribution in [2.45, 2.75) is 30.6 Å². The number of amidine groups is 1. The molecule has 1 fully saturated rings. The second kappa shape index (κ2) is 9.19. The molecule has 0 spiro atoms. The molecule has 1 aliphatic rings. The van der Waals surface area contributed by atoms with Crippen molar-refractivity contribution in [3.05, 3.63) is 70.5 Å². The first-order valence-corrected chi connectivity index (χ1v) is 12.3. The Kier molecular flexibility index (Phi) is 6.33. The number of aryl methyl sites for hydroxylation is 1. The summed E-state index contributed by atoms with van der Waals surface area (Å²) in [5.74, 6) is 0.0572. The Morgan fingerprint density at radius 3 is 2.61 bits per heavy atom. The molecule has 1 amide bonds. The molecule has 2 aromatic carbocycles. The molecule has 0 radical (unpaired) electrons. The van der Waals surface area contributed by atoms with Gasteiger partial charge in [0.25, 0.3) is 21.5 Å². The maximum Gasteiger partial charge on any atom is 0.284 e. The van der Waals surface area contributed by atoms with Crippen LogP contribution in [0.1, 0.15) is 36.0 Å². The molecule has 0 aliphatic carbocycles. The number of likely N-dealkylation sites (tertiary alicyclic amines) is 1. The van der Waals surface area contributed by atoms with E-state index in [-0.39, 0.29) is 16.0 Å². The first-order valence-electron chi connectivity index (χ1n) is 10.8. The van der Waals surface area contributed by atoms with Crippen LogP contribution in [0.2, 0.25) is 0 Å². The smallest absolute Gasteiger partial charge is 0.284 e. The molecule has 172 valence electrons. The molecule has 0 atom stereocenters. The summed E-state index contributed by atoms with van der Waals surface area (Å²) in [6.45, 7) is 0.773. The lowest BCUT2D eigenvalue weighted by molar-refractivity contribution is 0.102. The van der Waals surface area contributed by atoms with Gasteiger partial charge in [-0.1, -0.05) is 30.7 Å². The van der Waals surface area contributed by atoms with E-state index in [1.54, 1.807) is 43.4 Å². The van der Waals surface area contributed by atoms with Crippen LogP contribution in [-0.2, 0) is 17.1 Å². The van der Waals surface area contributed by atoms with Crippen LogP contribution in [0.25, 0.3) is 10.9 Å². The van der Waals surface area contributed by atoms with Crippen LogP contribution < -0.4 is 10.9 Å². The summed E-state index contributed by atoms with van der Waals surface area (Å²) < 4.78 is 31.5. The molecule has 33 heavy (non-hydrogen) atoms. The van der Waals surface area contributed by atoms with E-state index in [0.717, 1.165) is 25.8 Å². The first kappa shape index (κ1) is 22.7. The highest BCUT2D eigenvalue weighted by Gasteiger charge is 2.20. The second-order valence-corrected chi connectivity index (χ2v) is 9.77. The lowest BCUT2D eigenvalue weighted by Gasteiger charge is -2.17. The summed E-state index contributed by atoms with van der Waals surface area (Å²) in [5, 5.41) is 3.35. The van der Waals surface area contributed by atoms with Gasteiger partial charge in [-0.05, 0) is 37.1 Å². The average Bonchev–Trinajstić information content (AvgIpc) is 3.00. The number of para-hydroxylation sites is 1. The minimum absolute atomic E-state index is 0.000666. The molecule has 0 saturated carbocycles. The van der Waals surface area contributed by atoms with Crippen LogP contribution >= 0.6 is 0 Å². The summed E-state index contributed by atoms with van der Waals surface area (Å²) >= 11 is 0. The molecule has 9 heteroatoms. The summed E-state index contributed by atoms with van der Waals surface area (Å²) in [5.41, 5.74) is 0.857. The van der Waals surface area contributed by atoms with Crippen molar-refractivity contribution in [3.63, 3.8) is 0 Å². The number of amides is 1. The fraction of sp³-hybridized carbons (Fsp3) is 0.292. The number of hydrogen-bond donors (Lipinski definition) is 1. The van der Waals surface area contributed by atoms with Crippen molar-refractivity contribution in [1.82, 2.24) is 9.47 Å². The summed E-state index contributed by atoms with van der Waals surface area (Å²) in [4.78, 5) is 27.2. The Balaban J connectivity index is 1.64. The van der Waals surface area contributed by atoms with E-state index in [4.69, 9.17) is 0 Å². The zero-order chi connectivity index (χ0) is 23.6. The molecule has 1 N–H and O–H groups in total. The molecule has 0 bridgehead atoms. The standard InChI is InChI=1S/C24H26N4O4S/c1-27-14-7-3-4-13-22(27)26-33(31,32)18-10-8-9-17(15-18)25-24(30)20-16-23(29)28(2)21-12-6-5-11-19(20)21/h5-6,8-12,15-16H,3-4,7,13-14H2,1-2H3,(H,25,30)/b26-22-. The van der Waals surface area contributed by atoms with Gasteiger partial charge in [0.05, 0.1) is 16.0 Å². The zero-order valence-electron chi connectivity index (χ0n) is 18.6. The van der Waals surface area contributed by atoms with Gasteiger partial charge in [-0.15, -0.1) is 4.40 Å². The molecule has 8 nitrogen and oxygen atoms in total. The number of carbonyl (C=O) groups excluding carboxylic acids is 1. The van der Waals surface area contributed by atoms with Gasteiger partial charge in [-0.2, -0.15) is 8.42 Å². The van der Waals surface area contributed by atoms with Crippen molar-refractivity contribution < 1.29 is 13.2 Å². The third-order valence-electron chi connectivity index (χ3n) is 5.85. The number of anilines is 1. The number of fused-ring (bicyclic) bond motifs is 1. The quantitative estimate of drug-likeness (QED) is 0.635. The van der Waals surface area contributed by atoms with Gasteiger partial charge >= 0.3 is 0 Å². The van der Waals surface area contributed by atoms with Crippen molar-refractivity contribution in [2.24, 2.45) is 11.4 Å².